The largest absolute Gasteiger partial charge is 0.441 e. The van der Waals surface area contributed by atoms with Crippen LogP contribution in [0.1, 0.15) is 12.0 Å². The Bertz CT molecular complexity index is 388. The second-order valence-electron chi connectivity index (χ2n) is 4.10. The van der Waals surface area contributed by atoms with Gasteiger partial charge in [-0.05, 0) is 24.1 Å². The smallest absolute Gasteiger partial charge is 0.207 e. The third-order valence-electron chi connectivity index (χ3n) is 2.81. The van der Waals surface area contributed by atoms with Crippen LogP contribution < -0.4 is 0 Å². The van der Waals surface area contributed by atoms with Crippen molar-refractivity contribution in [2.45, 2.75) is 17.3 Å². The monoisotopic (exact) mass is 422 g/mol. The molecular formula is C12H12Br2F4S. The van der Waals surface area contributed by atoms with E-state index in [1.54, 1.807) is 12.1 Å². The molecule has 1 rings (SSSR count). The second-order valence-corrected chi connectivity index (χ2v) is 6.38. The summed E-state index contributed by atoms with van der Waals surface area (Å²) in [4.78, 5) is 0. The summed E-state index contributed by atoms with van der Waals surface area (Å²) >= 11 is 6.68. The zero-order valence-electron chi connectivity index (χ0n) is 9.81. The van der Waals surface area contributed by atoms with Gasteiger partial charge >= 0.3 is 5.51 Å². The van der Waals surface area contributed by atoms with Crippen LogP contribution in [0, 0.1) is 5.82 Å². The lowest BCUT2D eigenvalue weighted by molar-refractivity contribution is -0.0328. The summed E-state index contributed by atoms with van der Waals surface area (Å²) in [5, 5.41) is 1.02. The first-order valence-electron chi connectivity index (χ1n) is 5.42. The maximum absolute atomic E-state index is 12.9. The summed E-state index contributed by atoms with van der Waals surface area (Å²) in [6, 6.07) is 5.89. The minimum atomic E-state index is -4.22. The van der Waals surface area contributed by atoms with E-state index in [-0.39, 0.29) is 23.3 Å². The van der Waals surface area contributed by atoms with E-state index in [1.807, 2.05) is 0 Å². The van der Waals surface area contributed by atoms with Crippen molar-refractivity contribution in [2.24, 2.45) is 0 Å². The standard InChI is InChI=1S/C12H12Br2F4S/c13-7-11(8-14,5-6-19-12(16,17)18)9-1-3-10(15)4-2-9/h1-4H,5-8H2. The number of rotatable bonds is 6. The van der Waals surface area contributed by atoms with Crippen molar-refractivity contribution in [3.8, 4) is 0 Å². The van der Waals surface area contributed by atoms with Gasteiger partial charge in [-0.25, -0.2) is 4.39 Å². The number of benzene rings is 1. The van der Waals surface area contributed by atoms with Crippen molar-refractivity contribution >= 4 is 43.6 Å². The van der Waals surface area contributed by atoms with E-state index in [0.717, 1.165) is 5.56 Å². The van der Waals surface area contributed by atoms with Crippen molar-refractivity contribution < 1.29 is 17.6 Å². The van der Waals surface area contributed by atoms with Gasteiger partial charge in [0.2, 0.25) is 0 Å². The third-order valence-corrected chi connectivity index (χ3v) is 5.70. The van der Waals surface area contributed by atoms with Crippen molar-refractivity contribution in [3.05, 3.63) is 35.6 Å². The molecule has 0 amide bonds. The van der Waals surface area contributed by atoms with Crippen LogP contribution in [-0.4, -0.2) is 21.9 Å². The van der Waals surface area contributed by atoms with E-state index >= 15 is 0 Å². The van der Waals surface area contributed by atoms with Crippen LogP contribution >= 0.6 is 43.6 Å². The van der Waals surface area contributed by atoms with Gasteiger partial charge in [0.05, 0.1) is 0 Å². The Hall–Kier alpha value is 0.250. The second kappa shape index (κ2) is 7.31. The highest BCUT2D eigenvalue weighted by atomic mass is 79.9. The molecule has 0 fully saturated rings. The van der Waals surface area contributed by atoms with Gasteiger partial charge in [0.25, 0.3) is 0 Å². The molecule has 0 atom stereocenters. The Balaban J connectivity index is 2.82. The highest BCUT2D eigenvalue weighted by molar-refractivity contribution is 9.09. The Morgan fingerprint density at radius 1 is 1.00 bits per heavy atom. The normalized spacial score (nSPS) is 12.7. The molecule has 0 radical (unpaired) electrons. The van der Waals surface area contributed by atoms with Crippen LogP contribution in [-0.2, 0) is 5.41 Å². The van der Waals surface area contributed by atoms with E-state index in [4.69, 9.17) is 0 Å². The summed E-state index contributed by atoms with van der Waals surface area (Å²) in [6.07, 6.45) is 0.347. The van der Waals surface area contributed by atoms with Crippen LogP contribution in [0.5, 0.6) is 0 Å². The summed E-state index contributed by atoms with van der Waals surface area (Å²) < 4.78 is 49.5. The van der Waals surface area contributed by atoms with E-state index in [0.29, 0.717) is 17.1 Å². The molecule has 0 nitrogen and oxygen atoms in total. The molecule has 108 valence electrons. The van der Waals surface area contributed by atoms with Gasteiger partial charge in [-0.15, -0.1) is 0 Å². The Kier molecular flexibility index (Phi) is 6.66. The van der Waals surface area contributed by atoms with Gasteiger partial charge in [0, 0.05) is 21.8 Å². The number of thioether (sulfide) groups is 1. The molecule has 1 aromatic rings. The van der Waals surface area contributed by atoms with Crippen LogP contribution in [0.2, 0.25) is 0 Å². The predicted molar refractivity (Wildman–Crippen MR) is 78.8 cm³/mol. The molecule has 0 aliphatic heterocycles. The fourth-order valence-corrected chi connectivity index (χ4v) is 4.49. The van der Waals surface area contributed by atoms with Gasteiger partial charge in [-0.3, -0.25) is 0 Å². The first-order valence-corrected chi connectivity index (χ1v) is 8.64. The molecule has 0 N–H and O–H groups in total. The fraction of sp³-hybridized carbons (Fsp3) is 0.500. The summed E-state index contributed by atoms with van der Waals surface area (Å²) in [6.45, 7) is 0. The van der Waals surface area contributed by atoms with Crippen molar-refractivity contribution in [3.63, 3.8) is 0 Å². The maximum Gasteiger partial charge on any atom is 0.441 e. The minimum Gasteiger partial charge on any atom is -0.207 e. The van der Waals surface area contributed by atoms with Gasteiger partial charge < -0.3 is 0 Å². The molecule has 19 heavy (non-hydrogen) atoms. The van der Waals surface area contributed by atoms with Crippen molar-refractivity contribution in [1.29, 1.82) is 0 Å². The van der Waals surface area contributed by atoms with E-state index in [1.165, 1.54) is 12.1 Å². The van der Waals surface area contributed by atoms with Crippen molar-refractivity contribution in [1.82, 2.24) is 0 Å². The molecule has 0 saturated carbocycles. The average Bonchev–Trinajstić information content (AvgIpc) is 2.35. The van der Waals surface area contributed by atoms with Crippen molar-refractivity contribution in [2.75, 3.05) is 16.4 Å². The molecule has 0 bridgehead atoms. The first kappa shape index (κ1) is 17.3. The lowest BCUT2D eigenvalue weighted by Crippen LogP contribution is -2.31. The zero-order chi connectivity index (χ0) is 14.5. The molecule has 0 aliphatic rings. The molecule has 0 heterocycles. The number of halogens is 6. The molecular weight excluding hydrogens is 412 g/mol. The fourth-order valence-electron chi connectivity index (χ4n) is 1.63. The topological polar surface area (TPSA) is 0 Å². The molecule has 0 spiro atoms. The number of hydrogen-bond acceptors (Lipinski definition) is 1. The predicted octanol–water partition coefficient (Wildman–Crippen LogP) is 5.50. The lowest BCUT2D eigenvalue weighted by Gasteiger charge is -2.30. The summed E-state index contributed by atoms with van der Waals surface area (Å²) in [5.41, 5.74) is -3.86. The first-order chi connectivity index (χ1) is 8.83. The lowest BCUT2D eigenvalue weighted by atomic mass is 9.82. The zero-order valence-corrected chi connectivity index (χ0v) is 13.8. The highest BCUT2D eigenvalue weighted by Gasteiger charge is 2.33. The Labute approximate surface area is 130 Å². The molecule has 0 saturated heterocycles. The van der Waals surface area contributed by atoms with E-state index in [9.17, 15) is 17.6 Å². The van der Waals surface area contributed by atoms with Gasteiger partial charge in [-0.2, -0.15) is 13.2 Å². The molecule has 0 unspecified atom stereocenters. The number of alkyl halides is 5. The van der Waals surface area contributed by atoms with Crippen LogP contribution in [0.3, 0.4) is 0 Å². The van der Waals surface area contributed by atoms with Gasteiger partial charge in [0.15, 0.2) is 0 Å². The summed E-state index contributed by atoms with van der Waals surface area (Å²) in [5.74, 6) is -0.385. The van der Waals surface area contributed by atoms with Crippen LogP contribution in [0.4, 0.5) is 17.6 Å². The highest BCUT2D eigenvalue weighted by Crippen LogP contribution is 2.37. The van der Waals surface area contributed by atoms with Crippen LogP contribution in [0.25, 0.3) is 0 Å². The van der Waals surface area contributed by atoms with E-state index in [2.05, 4.69) is 31.9 Å². The summed E-state index contributed by atoms with van der Waals surface area (Å²) in [7, 11) is 0. The van der Waals surface area contributed by atoms with E-state index < -0.39 is 10.9 Å². The van der Waals surface area contributed by atoms with Crippen LogP contribution in [0.15, 0.2) is 24.3 Å². The SMILES string of the molecule is Fc1ccc(C(CBr)(CBr)CCSC(F)(F)F)cc1. The molecule has 1 aromatic carbocycles. The number of hydrogen-bond donors (Lipinski definition) is 0. The Morgan fingerprint density at radius 2 is 1.53 bits per heavy atom. The van der Waals surface area contributed by atoms with Gasteiger partial charge in [0.1, 0.15) is 5.82 Å². The molecule has 0 aromatic heterocycles. The average molecular weight is 424 g/mol. The Morgan fingerprint density at radius 3 is 1.95 bits per heavy atom. The quantitative estimate of drug-likeness (QED) is 0.430. The minimum absolute atomic E-state index is 0.0267. The third kappa shape index (κ3) is 5.27. The molecule has 0 aliphatic carbocycles. The van der Waals surface area contributed by atoms with Gasteiger partial charge in [-0.1, -0.05) is 55.8 Å². The molecule has 7 heteroatoms. The maximum atomic E-state index is 12.9.